The van der Waals surface area contributed by atoms with Gasteiger partial charge >= 0.3 is 0 Å². The van der Waals surface area contributed by atoms with E-state index in [2.05, 4.69) is 254 Å². The van der Waals surface area contributed by atoms with E-state index in [0.29, 0.717) is 0 Å². The van der Waals surface area contributed by atoms with Crippen LogP contribution in [0.3, 0.4) is 0 Å². The summed E-state index contributed by atoms with van der Waals surface area (Å²) in [6.07, 6.45) is 0. The van der Waals surface area contributed by atoms with Crippen molar-refractivity contribution in [2.45, 2.75) is 19.3 Å². The zero-order valence-electron chi connectivity index (χ0n) is 38.2. The molecule has 1 aliphatic carbocycles. The predicted octanol–water partition coefficient (Wildman–Crippen LogP) is 19.6. The summed E-state index contributed by atoms with van der Waals surface area (Å²) in [4.78, 5) is 4.89. The van der Waals surface area contributed by atoms with Gasteiger partial charge in [-0.1, -0.05) is 147 Å². The van der Waals surface area contributed by atoms with E-state index >= 15 is 0 Å². The molecule has 0 spiro atoms. The van der Waals surface area contributed by atoms with Crippen molar-refractivity contribution in [3.05, 3.63) is 242 Å². The third-order valence-corrected chi connectivity index (χ3v) is 16.8. The van der Waals surface area contributed by atoms with E-state index in [1.54, 1.807) is 0 Å². The molecule has 69 heavy (non-hydrogen) atoms. The standard InChI is InChI=1S/C65H44N2S2/c1-65(2)58-32-29-41(37-57(58)63-53-25-11-9-21-49(53)50-22-10-12-26-54(50)64(63)65)42-35-47(66(43-17-5-3-6-18-43)45-30-33-61-55(39-45)51-23-13-15-27-59(51)68-61)38-48(36-42)67(44-19-7-4-8-20-44)46-31-34-62-56(40-46)52-24-14-16-28-60(52)69-62/h3-40H,1-2H3. The summed E-state index contributed by atoms with van der Waals surface area (Å²) in [5, 5.41) is 10.4. The molecule has 13 aromatic rings. The van der Waals surface area contributed by atoms with Crippen molar-refractivity contribution in [2.75, 3.05) is 9.80 Å². The molecule has 326 valence electrons. The van der Waals surface area contributed by atoms with E-state index in [-0.39, 0.29) is 5.41 Å². The van der Waals surface area contributed by atoms with E-state index in [1.807, 2.05) is 22.7 Å². The van der Waals surface area contributed by atoms with Crippen LogP contribution in [0, 0.1) is 0 Å². The van der Waals surface area contributed by atoms with Gasteiger partial charge in [0.05, 0.1) is 0 Å². The van der Waals surface area contributed by atoms with Gasteiger partial charge in [0.15, 0.2) is 0 Å². The van der Waals surface area contributed by atoms with Crippen LogP contribution in [0.4, 0.5) is 34.1 Å². The maximum Gasteiger partial charge on any atom is 0.0488 e. The molecule has 4 heteroatoms. The van der Waals surface area contributed by atoms with Crippen molar-refractivity contribution in [1.82, 2.24) is 0 Å². The SMILES string of the molecule is CC1(C)c2ccc(-c3cc(N(c4ccccc4)c4ccc5sc6ccccc6c5c4)cc(N(c4ccccc4)c4ccc5sc6ccccc6c5c4)c3)cc2-c2c1c1ccccc1c1ccccc21. The molecule has 1 aliphatic rings. The molecule has 0 saturated carbocycles. The van der Waals surface area contributed by atoms with Crippen molar-refractivity contribution < 1.29 is 0 Å². The Morgan fingerprint density at radius 3 is 1.30 bits per heavy atom. The number of anilines is 6. The van der Waals surface area contributed by atoms with Crippen LogP contribution in [0.5, 0.6) is 0 Å². The minimum atomic E-state index is -0.191. The van der Waals surface area contributed by atoms with Crippen molar-refractivity contribution in [2.24, 2.45) is 0 Å². The van der Waals surface area contributed by atoms with Crippen LogP contribution in [0.25, 0.3) is 84.1 Å². The lowest BCUT2D eigenvalue weighted by molar-refractivity contribution is 0.666. The van der Waals surface area contributed by atoms with Gasteiger partial charge in [0.25, 0.3) is 0 Å². The Hall–Kier alpha value is -8.02. The van der Waals surface area contributed by atoms with Crippen LogP contribution in [-0.4, -0.2) is 0 Å². The van der Waals surface area contributed by atoms with Gasteiger partial charge in [0.2, 0.25) is 0 Å². The van der Waals surface area contributed by atoms with Crippen molar-refractivity contribution in [1.29, 1.82) is 0 Å². The second kappa shape index (κ2) is 15.5. The van der Waals surface area contributed by atoms with E-state index in [0.717, 1.165) is 39.7 Å². The largest absolute Gasteiger partial charge is 0.310 e. The minimum absolute atomic E-state index is 0.191. The summed E-state index contributed by atoms with van der Waals surface area (Å²) >= 11 is 3.72. The van der Waals surface area contributed by atoms with Gasteiger partial charge in [-0.15, -0.1) is 22.7 Å². The second-order valence-corrected chi connectivity index (χ2v) is 21.0. The van der Waals surface area contributed by atoms with Crippen LogP contribution >= 0.6 is 22.7 Å². The van der Waals surface area contributed by atoms with Gasteiger partial charge in [-0.3, -0.25) is 0 Å². The number of rotatable bonds is 7. The lowest BCUT2D eigenvalue weighted by atomic mass is 9.79. The molecule has 0 radical (unpaired) electrons. The molecular formula is C65H44N2S2. The maximum atomic E-state index is 2.49. The minimum Gasteiger partial charge on any atom is -0.310 e. The monoisotopic (exact) mass is 916 g/mol. The summed E-state index contributed by atoms with van der Waals surface area (Å²) < 4.78 is 5.18. The Labute approximate surface area is 409 Å². The average molecular weight is 917 g/mol. The van der Waals surface area contributed by atoms with Crippen molar-refractivity contribution in [3.63, 3.8) is 0 Å². The van der Waals surface area contributed by atoms with Crippen LogP contribution in [-0.2, 0) is 5.41 Å². The summed E-state index contributed by atoms with van der Waals surface area (Å²) in [5.74, 6) is 0. The highest BCUT2D eigenvalue weighted by Crippen LogP contribution is 2.56. The highest BCUT2D eigenvalue weighted by molar-refractivity contribution is 7.26. The number of nitrogens with zero attached hydrogens (tertiary/aromatic N) is 2. The molecule has 0 aliphatic heterocycles. The first-order chi connectivity index (χ1) is 34.0. The molecule has 0 atom stereocenters. The van der Waals surface area contributed by atoms with Gasteiger partial charge in [-0.25, -0.2) is 0 Å². The number of para-hydroxylation sites is 2. The van der Waals surface area contributed by atoms with Gasteiger partial charge in [-0.2, -0.15) is 0 Å². The maximum absolute atomic E-state index is 2.49. The number of benzene rings is 11. The molecule has 0 N–H and O–H groups in total. The van der Waals surface area contributed by atoms with E-state index < -0.39 is 0 Å². The topological polar surface area (TPSA) is 6.48 Å². The fourth-order valence-corrected chi connectivity index (χ4v) is 13.6. The predicted molar refractivity (Wildman–Crippen MR) is 300 cm³/mol. The van der Waals surface area contributed by atoms with Gasteiger partial charge < -0.3 is 9.80 Å². The molecule has 2 heterocycles. The Bertz CT molecular complexity index is 4010. The number of fused-ring (bicyclic) bond motifs is 14. The van der Waals surface area contributed by atoms with Gasteiger partial charge in [0, 0.05) is 79.9 Å². The zero-order valence-corrected chi connectivity index (χ0v) is 39.8. The number of hydrogen-bond donors (Lipinski definition) is 0. The lowest BCUT2D eigenvalue weighted by Gasteiger charge is -2.30. The molecule has 14 rings (SSSR count). The van der Waals surface area contributed by atoms with Crippen molar-refractivity contribution >= 4 is 119 Å². The van der Waals surface area contributed by atoms with Crippen LogP contribution in [0.2, 0.25) is 0 Å². The van der Waals surface area contributed by atoms with E-state index in [9.17, 15) is 0 Å². The molecule has 0 fully saturated rings. The van der Waals surface area contributed by atoms with Crippen molar-refractivity contribution in [3.8, 4) is 22.3 Å². The molecular weight excluding hydrogens is 873 g/mol. The van der Waals surface area contributed by atoms with Gasteiger partial charge in [-0.05, 0) is 152 Å². The van der Waals surface area contributed by atoms with Gasteiger partial charge in [0.1, 0.15) is 0 Å². The Morgan fingerprint density at radius 1 is 0.304 bits per heavy atom. The fraction of sp³-hybridized carbons (Fsp3) is 0.0462. The lowest BCUT2D eigenvalue weighted by Crippen LogP contribution is -2.15. The fourth-order valence-electron chi connectivity index (χ4n) is 11.5. The molecule has 11 aromatic carbocycles. The number of hydrogen-bond acceptors (Lipinski definition) is 4. The Balaban J connectivity index is 1.04. The smallest absolute Gasteiger partial charge is 0.0488 e. The first-order valence-electron chi connectivity index (χ1n) is 23.7. The first kappa shape index (κ1) is 40.1. The average Bonchev–Trinajstić information content (AvgIpc) is 4.04. The first-order valence-corrected chi connectivity index (χ1v) is 25.4. The Morgan fingerprint density at radius 2 is 0.754 bits per heavy atom. The molecule has 0 unspecified atom stereocenters. The molecule has 0 amide bonds. The summed E-state index contributed by atoms with van der Waals surface area (Å²) in [5.41, 5.74) is 14.1. The molecule has 2 nitrogen and oxygen atoms in total. The zero-order chi connectivity index (χ0) is 45.8. The van der Waals surface area contributed by atoms with E-state index in [1.165, 1.54) is 89.7 Å². The quantitative estimate of drug-likeness (QED) is 0.147. The highest BCUT2D eigenvalue weighted by atomic mass is 32.1. The number of thiophene rings is 2. The molecule has 0 bridgehead atoms. The van der Waals surface area contributed by atoms with Crippen LogP contribution in [0.1, 0.15) is 25.0 Å². The van der Waals surface area contributed by atoms with Crippen LogP contribution in [0.15, 0.2) is 231 Å². The normalized spacial score (nSPS) is 12.9. The third kappa shape index (κ3) is 6.29. The third-order valence-electron chi connectivity index (χ3n) is 14.5. The van der Waals surface area contributed by atoms with E-state index in [4.69, 9.17) is 0 Å². The second-order valence-electron chi connectivity index (χ2n) is 18.9. The van der Waals surface area contributed by atoms with Crippen LogP contribution < -0.4 is 9.80 Å². The molecule has 2 aromatic heterocycles. The summed E-state index contributed by atoms with van der Waals surface area (Å²) in [6.45, 7) is 4.82. The summed E-state index contributed by atoms with van der Waals surface area (Å²) in [7, 11) is 0. The highest BCUT2D eigenvalue weighted by Gasteiger charge is 2.38. The summed E-state index contributed by atoms with van der Waals surface area (Å²) in [6, 6.07) is 85.8. The Kier molecular flexibility index (Phi) is 9.01. The molecule has 0 saturated heterocycles.